The first-order valence-corrected chi connectivity index (χ1v) is 40.0. The van der Waals surface area contributed by atoms with E-state index in [1.165, 1.54) is 161 Å². The summed E-state index contributed by atoms with van der Waals surface area (Å²) in [5.74, 6) is -0.518. The van der Waals surface area contributed by atoms with Crippen molar-refractivity contribution in [3.63, 3.8) is 0 Å². The van der Waals surface area contributed by atoms with Gasteiger partial charge in [-0.2, -0.15) is 0 Å². The third-order valence-corrected chi connectivity index (χ3v) is 18.4. The average molecular weight is 1330 g/mol. The van der Waals surface area contributed by atoms with E-state index >= 15 is 0 Å². The highest BCUT2D eigenvalue weighted by Gasteiger charge is 2.30. The zero-order valence-electron chi connectivity index (χ0n) is 58.4. The number of aliphatic hydroxyl groups is 1. The minimum absolute atomic E-state index is 0.103. The monoisotopic (exact) mass is 1320 g/mol. The number of rotatable bonds is 70. The van der Waals surface area contributed by atoms with Gasteiger partial charge in [-0.25, -0.2) is 9.13 Å². The molecule has 0 aromatic carbocycles. The summed E-state index contributed by atoms with van der Waals surface area (Å²) in [4.78, 5) is 72.1. The normalized spacial score (nSPS) is 14.1. The number of hydrogen-bond donors (Lipinski definition) is 3. The van der Waals surface area contributed by atoms with Gasteiger partial charge in [0.05, 0.1) is 26.4 Å². The van der Waals surface area contributed by atoms with Crippen molar-refractivity contribution in [2.24, 2.45) is 11.8 Å². The van der Waals surface area contributed by atoms with Gasteiger partial charge in [-0.05, 0) is 37.5 Å². The van der Waals surface area contributed by atoms with Crippen molar-refractivity contribution in [2.75, 3.05) is 39.6 Å². The first kappa shape index (κ1) is 88.1. The summed E-state index contributed by atoms with van der Waals surface area (Å²) in [5, 5.41) is 10.5. The summed E-state index contributed by atoms with van der Waals surface area (Å²) in [6, 6.07) is 0. The van der Waals surface area contributed by atoms with Crippen LogP contribution in [0.4, 0.5) is 0 Å². The van der Waals surface area contributed by atoms with Gasteiger partial charge in [-0.15, -0.1) is 0 Å². The van der Waals surface area contributed by atoms with Crippen LogP contribution in [-0.4, -0.2) is 96.7 Å². The molecule has 0 fully saturated rings. The first-order valence-electron chi connectivity index (χ1n) is 37.0. The summed E-state index contributed by atoms with van der Waals surface area (Å²) in [6.07, 6.45) is 49.3. The van der Waals surface area contributed by atoms with Gasteiger partial charge in [0, 0.05) is 25.7 Å². The van der Waals surface area contributed by atoms with Gasteiger partial charge in [0.25, 0.3) is 0 Å². The van der Waals surface area contributed by atoms with Crippen molar-refractivity contribution in [1.29, 1.82) is 0 Å². The highest BCUT2D eigenvalue weighted by atomic mass is 31.2. The molecular weight excluding hydrogens is 1190 g/mol. The molecule has 0 rings (SSSR count). The van der Waals surface area contributed by atoms with Gasteiger partial charge in [-0.3, -0.25) is 37.3 Å². The highest BCUT2D eigenvalue weighted by molar-refractivity contribution is 7.47. The number of hydrogen-bond acceptors (Lipinski definition) is 15. The van der Waals surface area contributed by atoms with E-state index in [1.807, 2.05) is 0 Å². The lowest BCUT2D eigenvalue weighted by Crippen LogP contribution is -2.30. The van der Waals surface area contributed by atoms with Gasteiger partial charge in [-0.1, -0.05) is 311 Å². The Labute approximate surface area is 549 Å². The summed E-state index contributed by atoms with van der Waals surface area (Å²) >= 11 is 0. The molecule has 3 N–H and O–H groups in total. The molecule has 0 aromatic rings. The molecular formula is C71H138O17P2. The number of unbranched alkanes of at least 4 members (excludes halogenated alkanes) is 40. The van der Waals surface area contributed by atoms with Crippen LogP contribution < -0.4 is 0 Å². The van der Waals surface area contributed by atoms with Gasteiger partial charge < -0.3 is 33.8 Å². The van der Waals surface area contributed by atoms with E-state index < -0.39 is 97.5 Å². The van der Waals surface area contributed by atoms with Crippen LogP contribution >= 0.6 is 15.6 Å². The van der Waals surface area contributed by atoms with Crippen LogP contribution in [0.15, 0.2) is 0 Å². The fraction of sp³-hybridized carbons (Fsp3) is 0.944. The maximum atomic E-state index is 13.0. The zero-order chi connectivity index (χ0) is 66.5. The predicted molar refractivity (Wildman–Crippen MR) is 363 cm³/mol. The molecule has 2 unspecified atom stereocenters. The number of ether oxygens (including phenoxy) is 4. The SMILES string of the molecule is CCCCCCCCCC(=O)O[C@H](COC(=O)CCCCCCC)COP(=O)(O)OC[C@H](O)COP(=O)(O)OC[C@@H](COC(=O)CCCCCCCCCCCCCCCCCCC(C)C)OC(=O)CCCCCCCCCCCCCCCCCCC(C)C. The van der Waals surface area contributed by atoms with Crippen LogP contribution in [-0.2, 0) is 65.4 Å². The molecule has 0 bridgehead atoms. The van der Waals surface area contributed by atoms with Crippen LogP contribution in [0.5, 0.6) is 0 Å². The molecule has 17 nitrogen and oxygen atoms in total. The number of phosphoric ester groups is 2. The largest absolute Gasteiger partial charge is 0.472 e. The first-order chi connectivity index (χ1) is 43.4. The Kier molecular flexibility index (Phi) is 61.8. The van der Waals surface area contributed by atoms with E-state index in [4.69, 9.17) is 37.0 Å². The Balaban J connectivity index is 5.09. The molecule has 0 aliphatic rings. The molecule has 5 atom stereocenters. The lowest BCUT2D eigenvalue weighted by Gasteiger charge is -2.21. The third-order valence-electron chi connectivity index (χ3n) is 16.5. The molecule has 0 heterocycles. The van der Waals surface area contributed by atoms with E-state index in [0.717, 1.165) is 121 Å². The van der Waals surface area contributed by atoms with Crippen LogP contribution in [0.1, 0.15) is 363 Å². The van der Waals surface area contributed by atoms with E-state index in [-0.39, 0.29) is 25.7 Å². The summed E-state index contributed by atoms with van der Waals surface area (Å²) in [6.45, 7) is 9.48. The Hall–Kier alpha value is -1.94. The topological polar surface area (TPSA) is 237 Å². The maximum Gasteiger partial charge on any atom is 0.472 e. The van der Waals surface area contributed by atoms with Crippen molar-refractivity contribution < 1.29 is 80.2 Å². The van der Waals surface area contributed by atoms with E-state index in [9.17, 15) is 43.2 Å². The lowest BCUT2D eigenvalue weighted by molar-refractivity contribution is -0.161. The average Bonchev–Trinajstić information content (AvgIpc) is 3.66. The van der Waals surface area contributed by atoms with Crippen molar-refractivity contribution in [3.05, 3.63) is 0 Å². The highest BCUT2D eigenvalue weighted by Crippen LogP contribution is 2.45. The van der Waals surface area contributed by atoms with Gasteiger partial charge in [0.15, 0.2) is 12.2 Å². The molecule has 0 spiro atoms. The Morgan fingerprint density at radius 3 is 0.756 bits per heavy atom. The summed E-state index contributed by atoms with van der Waals surface area (Å²) in [5.41, 5.74) is 0. The molecule has 0 saturated carbocycles. The fourth-order valence-corrected chi connectivity index (χ4v) is 12.3. The number of esters is 4. The third kappa shape index (κ3) is 64.8. The molecule has 534 valence electrons. The molecule has 0 aliphatic heterocycles. The molecule has 0 aliphatic carbocycles. The van der Waals surface area contributed by atoms with Crippen LogP contribution in [0.3, 0.4) is 0 Å². The van der Waals surface area contributed by atoms with Gasteiger partial charge in [0.1, 0.15) is 19.3 Å². The Morgan fingerprint density at radius 1 is 0.300 bits per heavy atom. The number of carbonyl (C=O) groups is 4. The van der Waals surface area contributed by atoms with Crippen molar-refractivity contribution in [1.82, 2.24) is 0 Å². The zero-order valence-corrected chi connectivity index (χ0v) is 60.2. The number of aliphatic hydroxyl groups excluding tert-OH is 1. The molecule has 0 aromatic heterocycles. The quantitative estimate of drug-likeness (QED) is 0.0222. The minimum atomic E-state index is -4.95. The number of carbonyl (C=O) groups excluding carboxylic acids is 4. The molecule has 0 saturated heterocycles. The van der Waals surface area contributed by atoms with Gasteiger partial charge in [0.2, 0.25) is 0 Å². The Morgan fingerprint density at radius 2 is 0.511 bits per heavy atom. The molecule has 90 heavy (non-hydrogen) atoms. The van der Waals surface area contributed by atoms with E-state index in [1.54, 1.807) is 0 Å². The fourth-order valence-electron chi connectivity index (χ4n) is 10.8. The lowest BCUT2D eigenvalue weighted by atomic mass is 10.0. The molecule has 0 radical (unpaired) electrons. The van der Waals surface area contributed by atoms with Crippen LogP contribution in [0.25, 0.3) is 0 Å². The molecule has 19 heteroatoms. The maximum absolute atomic E-state index is 13.0. The van der Waals surface area contributed by atoms with E-state index in [0.29, 0.717) is 25.7 Å². The van der Waals surface area contributed by atoms with Gasteiger partial charge >= 0.3 is 39.5 Å². The second-order valence-electron chi connectivity index (χ2n) is 26.6. The van der Waals surface area contributed by atoms with Crippen molar-refractivity contribution in [2.45, 2.75) is 381 Å². The summed E-state index contributed by atoms with van der Waals surface area (Å²) < 4.78 is 67.9. The van der Waals surface area contributed by atoms with Crippen LogP contribution in [0, 0.1) is 11.8 Å². The molecule has 0 amide bonds. The smallest absolute Gasteiger partial charge is 0.462 e. The second kappa shape index (κ2) is 63.1. The Bertz CT molecular complexity index is 1750. The van der Waals surface area contributed by atoms with Crippen molar-refractivity contribution in [3.8, 4) is 0 Å². The van der Waals surface area contributed by atoms with Crippen LogP contribution in [0.2, 0.25) is 0 Å². The second-order valence-corrected chi connectivity index (χ2v) is 29.5. The number of phosphoric acid groups is 2. The minimum Gasteiger partial charge on any atom is -0.462 e. The van der Waals surface area contributed by atoms with Crippen molar-refractivity contribution >= 4 is 39.5 Å². The standard InChI is InChI=1S/C71H138O17P2/c1-7-9-11-13-34-43-49-55-70(75)87-66(59-81-68(73)53-47-39-12-10-8-2)61-85-89(77,78)83-57-65(72)58-84-90(79,80)86-62-67(88-71(76)56-50-44-38-33-29-25-21-17-15-19-23-27-31-36-41-46-52-64(5)6)60-82-69(74)54-48-42-37-32-28-24-20-16-14-18-22-26-30-35-40-45-51-63(3)4/h63-67,72H,7-62H2,1-6H3,(H,77,78)(H,79,80)/t65-,66+,67+/m0/s1. The summed E-state index contributed by atoms with van der Waals surface area (Å²) in [7, 11) is -9.88. The predicted octanol–water partition coefficient (Wildman–Crippen LogP) is 20.4. The van der Waals surface area contributed by atoms with E-state index in [2.05, 4.69) is 41.5 Å².